The molecular weight excluding hydrogens is 436 g/mol. The zero-order chi connectivity index (χ0) is 23.7. The molecule has 0 radical (unpaired) electrons. The number of benzene rings is 2. The van der Waals surface area contributed by atoms with Gasteiger partial charge >= 0.3 is 0 Å². The summed E-state index contributed by atoms with van der Waals surface area (Å²) in [5, 5.41) is 18.5. The second kappa shape index (κ2) is 11.1. The smallest absolute Gasteiger partial charge is 0.251 e. The average Bonchev–Trinajstić information content (AvgIpc) is 2.82. The number of aromatic nitrogens is 1. The highest BCUT2D eigenvalue weighted by atomic mass is 35.5. The maximum Gasteiger partial charge on any atom is 0.251 e. The number of aliphatic imine (C=N–C) groups is 1. The molecule has 33 heavy (non-hydrogen) atoms. The monoisotopic (exact) mass is 460 g/mol. The molecule has 1 unspecified atom stereocenters. The molecule has 3 rings (SSSR count). The fourth-order valence-electron chi connectivity index (χ4n) is 3.30. The van der Waals surface area contributed by atoms with Crippen molar-refractivity contribution < 1.29 is 4.79 Å². The highest BCUT2D eigenvalue weighted by molar-refractivity contribution is 6.30. The molecule has 1 amide bonds. The van der Waals surface area contributed by atoms with Crippen LogP contribution in [0.25, 0.3) is 0 Å². The van der Waals surface area contributed by atoms with E-state index in [9.17, 15) is 10.1 Å². The zero-order valence-electron chi connectivity index (χ0n) is 18.4. The summed E-state index contributed by atoms with van der Waals surface area (Å²) in [7, 11) is 0. The minimum Gasteiger partial charge on any atom is -0.351 e. The Labute approximate surface area is 198 Å². The molecule has 0 spiro atoms. The number of halogens is 1. The van der Waals surface area contributed by atoms with E-state index in [1.807, 2.05) is 56.4 Å². The molecule has 0 bridgehead atoms. The van der Waals surface area contributed by atoms with E-state index in [4.69, 9.17) is 16.6 Å². The summed E-state index contributed by atoms with van der Waals surface area (Å²) >= 11 is 5.92. The van der Waals surface area contributed by atoms with Gasteiger partial charge in [-0.3, -0.25) is 15.1 Å². The largest absolute Gasteiger partial charge is 0.351 e. The standard InChI is InChI=1S/C25H25ClN6O/c1-25(2,16-29-23(33)19-10-12-20(26)13-11-19)22(18-7-4-3-5-8-18)32-24(30-17-27)31-21-9-6-14-28-15-21/h3-15,22H,16H2,1-2H3,(H,29,33)(H2,30,31,32). The van der Waals surface area contributed by atoms with Gasteiger partial charge in [-0.1, -0.05) is 55.8 Å². The molecular formula is C25H25ClN6O. The van der Waals surface area contributed by atoms with E-state index in [0.29, 0.717) is 22.8 Å². The number of carbonyl (C=O) groups is 1. The van der Waals surface area contributed by atoms with Crippen LogP contribution < -0.4 is 16.0 Å². The Morgan fingerprint density at radius 1 is 1.12 bits per heavy atom. The van der Waals surface area contributed by atoms with Crippen LogP contribution in [0.15, 0.2) is 84.1 Å². The number of hydrogen-bond acceptors (Lipinski definition) is 4. The molecule has 0 saturated carbocycles. The van der Waals surface area contributed by atoms with Gasteiger partial charge in [0.05, 0.1) is 17.9 Å². The summed E-state index contributed by atoms with van der Waals surface area (Å²) < 4.78 is 0. The molecule has 3 N–H and O–H groups in total. The molecule has 8 heteroatoms. The van der Waals surface area contributed by atoms with Crippen molar-refractivity contribution in [3.05, 3.63) is 95.3 Å². The van der Waals surface area contributed by atoms with Crippen molar-refractivity contribution in [1.82, 2.24) is 15.6 Å². The Morgan fingerprint density at radius 2 is 1.85 bits per heavy atom. The molecule has 7 nitrogen and oxygen atoms in total. The van der Waals surface area contributed by atoms with Crippen molar-refractivity contribution >= 4 is 29.2 Å². The van der Waals surface area contributed by atoms with Gasteiger partial charge in [0.25, 0.3) is 5.91 Å². The number of amides is 1. The predicted molar refractivity (Wildman–Crippen MR) is 131 cm³/mol. The Bertz CT molecular complexity index is 1130. The van der Waals surface area contributed by atoms with Crippen molar-refractivity contribution in [1.29, 1.82) is 5.26 Å². The number of pyridine rings is 1. The lowest BCUT2D eigenvalue weighted by Crippen LogP contribution is -2.38. The van der Waals surface area contributed by atoms with Crippen LogP contribution in [0.5, 0.6) is 0 Å². The van der Waals surface area contributed by atoms with E-state index in [-0.39, 0.29) is 17.9 Å². The van der Waals surface area contributed by atoms with Gasteiger partial charge in [0, 0.05) is 28.7 Å². The Kier molecular flexibility index (Phi) is 8.01. The highest BCUT2D eigenvalue weighted by Gasteiger charge is 2.32. The van der Waals surface area contributed by atoms with Crippen LogP contribution in [0, 0.1) is 16.9 Å². The minimum atomic E-state index is -0.498. The Hall–Kier alpha value is -3.89. The normalized spacial score (nSPS) is 12.4. The van der Waals surface area contributed by atoms with Crippen LogP contribution >= 0.6 is 11.6 Å². The predicted octanol–water partition coefficient (Wildman–Crippen LogP) is 4.77. The molecule has 0 aliphatic carbocycles. The summed E-state index contributed by atoms with van der Waals surface area (Å²) in [4.78, 5) is 21.6. The second-order valence-electron chi connectivity index (χ2n) is 8.07. The lowest BCUT2D eigenvalue weighted by molar-refractivity contribution is 0.0930. The maximum atomic E-state index is 12.7. The third-order valence-corrected chi connectivity index (χ3v) is 5.28. The first-order valence-corrected chi connectivity index (χ1v) is 10.8. The molecule has 2 aromatic carbocycles. The van der Waals surface area contributed by atoms with E-state index in [1.54, 1.807) is 42.7 Å². The van der Waals surface area contributed by atoms with Gasteiger partial charge in [0.1, 0.15) is 0 Å². The molecule has 0 aliphatic rings. The highest BCUT2D eigenvalue weighted by Crippen LogP contribution is 2.36. The average molecular weight is 461 g/mol. The van der Waals surface area contributed by atoms with E-state index < -0.39 is 5.41 Å². The van der Waals surface area contributed by atoms with E-state index >= 15 is 0 Å². The fraction of sp³-hybridized carbons (Fsp3) is 0.200. The molecule has 1 aromatic heterocycles. The number of nitrogens with zero attached hydrogens (tertiary/aromatic N) is 3. The first kappa shape index (κ1) is 23.8. The fourth-order valence-corrected chi connectivity index (χ4v) is 3.42. The number of carbonyl (C=O) groups excluding carboxylic acids is 1. The third kappa shape index (κ3) is 6.79. The van der Waals surface area contributed by atoms with Crippen molar-refractivity contribution in [2.45, 2.75) is 19.9 Å². The Balaban J connectivity index is 1.86. The van der Waals surface area contributed by atoms with Crippen molar-refractivity contribution in [2.24, 2.45) is 10.4 Å². The summed E-state index contributed by atoms with van der Waals surface area (Å²) in [6, 6.07) is 19.7. The second-order valence-corrected chi connectivity index (χ2v) is 8.51. The number of nitriles is 1. The quantitative estimate of drug-likeness (QED) is 0.204. The van der Waals surface area contributed by atoms with Crippen LogP contribution in [0.1, 0.15) is 35.8 Å². The third-order valence-electron chi connectivity index (χ3n) is 5.02. The summed E-state index contributed by atoms with van der Waals surface area (Å²) in [6.45, 7) is 4.39. The topological polar surface area (TPSA) is 102 Å². The van der Waals surface area contributed by atoms with Crippen molar-refractivity contribution in [3.8, 4) is 6.19 Å². The lowest BCUT2D eigenvalue weighted by Gasteiger charge is -2.33. The number of nitrogens with one attached hydrogen (secondary N) is 3. The van der Waals surface area contributed by atoms with Crippen molar-refractivity contribution in [3.63, 3.8) is 0 Å². The molecule has 3 aromatic rings. The summed E-state index contributed by atoms with van der Waals surface area (Å²) in [5.74, 6) is 0.0934. The van der Waals surface area contributed by atoms with E-state index in [2.05, 4.69) is 20.9 Å². The first-order chi connectivity index (χ1) is 15.9. The van der Waals surface area contributed by atoms with Gasteiger partial charge in [0.15, 0.2) is 6.19 Å². The summed E-state index contributed by atoms with van der Waals surface area (Å²) in [5.41, 5.74) is 1.68. The van der Waals surface area contributed by atoms with Crippen LogP contribution in [-0.4, -0.2) is 23.4 Å². The van der Waals surface area contributed by atoms with Crippen LogP contribution in [-0.2, 0) is 0 Å². The molecule has 0 saturated heterocycles. The van der Waals surface area contributed by atoms with Crippen LogP contribution in [0.3, 0.4) is 0 Å². The van der Waals surface area contributed by atoms with Crippen LogP contribution in [0.4, 0.5) is 5.69 Å². The molecule has 1 atom stereocenters. The van der Waals surface area contributed by atoms with Gasteiger partial charge in [-0.05, 0) is 42.0 Å². The summed E-state index contributed by atoms with van der Waals surface area (Å²) in [6.07, 6.45) is 5.24. The Morgan fingerprint density at radius 3 is 2.48 bits per heavy atom. The van der Waals surface area contributed by atoms with Gasteiger partial charge in [-0.25, -0.2) is 4.99 Å². The molecule has 0 aliphatic heterocycles. The maximum absolute atomic E-state index is 12.7. The van der Waals surface area contributed by atoms with Crippen molar-refractivity contribution in [2.75, 3.05) is 11.9 Å². The van der Waals surface area contributed by atoms with E-state index in [0.717, 1.165) is 5.56 Å². The molecule has 1 heterocycles. The SMILES string of the molecule is CC(C)(CNC(=O)c1ccc(Cl)cc1)C(N=C(NC#N)Nc1cccnc1)c1ccccc1. The number of rotatable bonds is 7. The zero-order valence-corrected chi connectivity index (χ0v) is 19.2. The van der Waals surface area contributed by atoms with Gasteiger partial charge < -0.3 is 10.6 Å². The van der Waals surface area contributed by atoms with Gasteiger partial charge in [-0.2, -0.15) is 5.26 Å². The molecule has 168 valence electrons. The molecule has 0 fully saturated rings. The number of hydrogen-bond donors (Lipinski definition) is 3. The van der Waals surface area contributed by atoms with Gasteiger partial charge in [0.2, 0.25) is 5.96 Å². The van der Waals surface area contributed by atoms with E-state index in [1.165, 1.54) is 0 Å². The number of anilines is 1. The number of guanidine groups is 1. The lowest BCUT2D eigenvalue weighted by atomic mass is 9.80. The van der Waals surface area contributed by atoms with Gasteiger partial charge in [-0.15, -0.1) is 0 Å². The van der Waals surface area contributed by atoms with Crippen LogP contribution in [0.2, 0.25) is 5.02 Å². The first-order valence-electron chi connectivity index (χ1n) is 10.4. The minimum absolute atomic E-state index is 0.195.